The zero-order valence-electron chi connectivity index (χ0n) is 19.4. The molecule has 1 unspecified atom stereocenters. The van der Waals surface area contributed by atoms with Gasteiger partial charge in [-0.25, -0.2) is 9.07 Å². The average Bonchev–Trinajstić information content (AvgIpc) is 3.64. The number of terminal acetylenes is 1. The van der Waals surface area contributed by atoms with Gasteiger partial charge in [0.25, 0.3) is 0 Å². The fourth-order valence-corrected chi connectivity index (χ4v) is 3.96. The van der Waals surface area contributed by atoms with Crippen molar-refractivity contribution in [3.63, 3.8) is 0 Å². The minimum atomic E-state index is -0.667. The summed E-state index contributed by atoms with van der Waals surface area (Å²) < 4.78 is 27.8. The minimum Gasteiger partial charge on any atom is -0.435 e. The molecule has 0 bridgehead atoms. The lowest BCUT2D eigenvalue weighted by atomic mass is 10.1. The standard InChI is InChI=1S/C27H30FN3O3/c1-3-16-33-19-22(32)17-30(20-14-15-20)18-23-25(4-2)29-31(21-10-6-5-7-11-21)27(23)34-26-13-9-8-12-24(26)28/h1,5-13,20,22,32H,4,14-19H2,2H3. The highest BCUT2D eigenvalue weighted by molar-refractivity contribution is 5.44. The van der Waals surface area contributed by atoms with Crippen LogP contribution in [0.15, 0.2) is 54.6 Å². The van der Waals surface area contributed by atoms with Crippen LogP contribution in [0.4, 0.5) is 4.39 Å². The summed E-state index contributed by atoms with van der Waals surface area (Å²) >= 11 is 0. The van der Waals surface area contributed by atoms with E-state index in [2.05, 4.69) is 10.8 Å². The Labute approximate surface area is 199 Å². The van der Waals surface area contributed by atoms with E-state index in [1.165, 1.54) is 6.07 Å². The monoisotopic (exact) mass is 463 g/mol. The molecule has 1 aliphatic carbocycles. The first-order valence-corrected chi connectivity index (χ1v) is 11.6. The molecule has 3 aromatic rings. The lowest BCUT2D eigenvalue weighted by Crippen LogP contribution is -2.36. The van der Waals surface area contributed by atoms with E-state index >= 15 is 0 Å². The number of aliphatic hydroxyl groups excluding tert-OH is 1. The molecule has 7 heteroatoms. The van der Waals surface area contributed by atoms with E-state index in [0.717, 1.165) is 29.8 Å². The molecule has 1 atom stereocenters. The Morgan fingerprint density at radius 1 is 1.21 bits per heavy atom. The topological polar surface area (TPSA) is 59.8 Å². The fourth-order valence-electron chi connectivity index (χ4n) is 3.96. The second-order valence-electron chi connectivity index (χ2n) is 8.40. The van der Waals surface area contributed by atoms with E-state index in [0.29, 0.717) is 31.4 Å². The quantitative estimate of drug-likeness (QED) is 0.320. The van der Waals surface area contributed by atoms with Crippen molar-refractivity contribution in [3.8, 4) is 29.7 Å². The van der Waals surface area contributed by atoms with Crippen molar-refractivity contribution in [2.24, 2.45) is 0 Å². The molecular weight excluding hydrogens is 433 g/mol. The van der Waals surface area contributed by atoms with Gasteiger partial charge in [-0.1, -0.05) is 43.2 Å². The molecule has 178 valence electrons. The van der Waals surface area contributed by atoms with Crippen molar-refractivity contribution in [2.75, 3.05) is 19.8 Å². The van der Waals surface area contributed by atoms with Crippen LogP contribution >= 0.6 is 0 Å². The molecule has 0 saturated heterocycles. The van der Waals surface area contributed by atoms with Crippen LogP contribution in [-0.2, 0) is 17.7 Å². The molecule has 0 radical (unpaired) electrons. The SMILES string of the molecule is C#CCOCC(O)CN(Cc1c(CC)nn(-c2ccccc2)c1Oc1ccccc1F)C1CC1. The van der Waals surface area contributed by atoms with Crippen LogP contribution in [0.5, 0.6) is 11.6 Å². The lowest BCUT2D eigenvalue weighted by molar-refractivity contribution is 0.0240. The van der Waals surface area contributed by atoms with Crippen LogP contribution in [0.2, 0.25) is 0 Å². The molecule has 0 amide bonds. The number of hydrogen-bond acceptors (Lipinski definition) is 5. The van der Waals surface area contributed by atoms with Crippen molar-refractivity contribution in [3.05, 3.63) is 71.7 Å². The summed E-state index contributed by atoms with van der Waals surface area (Å²) in [6, 6.07) is 16.4. The first-order valence-electron chi connectivity index (χ1n) is 11.6. The van der Waals surface area contributed by atoms with Gasteiger partial charge in [0.15, 0.2) is 11.6 Å². The molecule has 0 aliphatic heterocycles. The highest BCUT2D eigenvalue weighted by Gasteiger charge is 2.33. The number of nitrogens with zero attached hydrogens (tertiary/aromatic N) is 3. The lowest BCUT2D eigenvalue weighted by Gasteiger charge is -2.25. The third-order valence-corrected chi connectivity index (χ3v) is 5.76. The highest BCUT2D eigenvalue weighted by atomic mass is 19.1. The second-order valence-corrected chi connectivity index (χ2v) is 8.40. The van der Waals surface area contributed by atoms with Crippen molar-refractivity contribution in [2.45, 2.75) is 44.9 Å². The molecule has 1 heterocycles. The summed E-state index contributed by atoms with van der Waals surface area (Å²) in [5.41, 5.74) is 2.59. The van der Waals surface area contributed by atoms with Gasteiger partial charge in [-0.2, -0.15) is 5.10 Å². The van der Waals surface area contributed by atoms with Crippen LogP contribution in [0.1, 0.15) is 31.0 Å². The average molecular weight is 464 g/mol. The van der Waals surface area contributed by atoms with E-state index in [-0.39, 0.29) is 19.0 Å². The predicted octanol–water partition coefficient (Wildman–Crippen LogP) is 4.34. The van der Waals surface area contributed by atoms with E-state index in [1.54, 1.807) is 22.9 Å². The Morgan fingerprint density at radius 3 is 2.62 bits per heavy atom. The minimum absolute atomic E-state index is 0.143. The van der Waals surface area contributed by atoms with Gasteiger partial charge in [-0.05, 0) is 43.5 Å². The smallest absolute Gasteiger partial charge is 0.227 e. The Kier molecular flexibility index (Phi) is 7.96. The summed E-state index contributed by atoms with van der Waals surface area (Å²) in [5, 5.41) is 15.3. The summed E-state index contributed by atoms with van der Waals surface area (Å²) in [5.74, 6) is 2.60. The fraction of sp³-hybridized carbons (Fsp3) is 0.370. The van der Waals surface area contributed by atoms with Crippen molar-refractivity contribution < 1.29 is 19.0 Å². The molecule has 2 aromatic carbocycles. The van der Waals surface area contributed by atoms with E-state index in [9.17, 15) is 9.50 Å². The number of aryl methyl sites for hydroxylation is 1. The Balaban J connectivity index is 1.68. The molecule has 1 fully saturated rings. The summed E-state index contributed by atoms with van der Waals surface area (Å²) in [4.78, 5) is 2.23. The third kappa shape index (κ3) is 5.84. The molecular formula is C27H30FN3O3. The van der Waals surface area contributed by atoms with E-state index in [4.69, 9.17) is 21.0 Å². The van der Waals surface area contributed by atoms with Crippen molar-refractivity contribution in [1.29, 1.82) is 0 Å². The van der Waals surface area contributed by atoms with Crippen molar-refractivity contribution >= 4 is 0 Å². The molecule has 1 aliphatic rings. The van der Waals surface area contributed by atoms with Crippen LogP contribution in [0.3, 0.4) is 0 Å². The maximum absolute atomic E-state index is 14.5. The number of benzene rings is 2. The Bertz CT molecular complexity index is 1120. The predicted molar refractivity (Wildman–Crippen MR) is 129 cm³/mol. The van der Waals surface area contributed by atoms with Gasteiger partial charge < -0.3 is 14.6 Å². The number of aliphatic hydroxyl groups is 1. The largest absolute Gasteiger partial charge is 0.435 e. The second kappa shape index (κ2) is 11.3. The molecule has 4 rings (SSSR count). The molecule has 34 heavy (non-hydrogen) atoms. The Hall–Kier alpha value is -3.18. The first kappa shape index (κ1) is 24.0. The summed E-state index contributed by atoms with van der Waals surface area (Å²) in [6.45, 7) is 3.35. The normalized spacial score (nSPS) is 14.2. The van der Waals surface area contributed by atoms with Crippen LogP contribution in [-0.4, -0.2) is 51.7 Å². The maximum atomic E-state index is 14.5. The van der Waals surface area contributed by atoms with E-state index in [1.807, 2.05) is 37.3 Å². The zero-order valence-corrected chi connectivity index (χ0v) is 19.4. The maximum Gasteiger partial charge on any atom is 0.227 e. The van der Waals surface area contributed by atoms with Gasteiger partial charge >= 0.3 is 0 Å². The molecule has 1 saturated carbocycles. The van der Waals surface area contributed by atoms with E-state index < -0.39 is 11.9 Å². The third-order valence-electron chi connectivity index (χ3n) is 5.76. The number of rotatable bonds is 12. The van der Waals surface area contributed by atoms with Crippen LogP contribution in [0.25, 0.3) is 5.69 Å². The Morgan fingerprint density at radius 2 is 1.94 bits per heavy atom. The number of para-hydroxylation sites is 2. The van der Waals surface area contributed by atoms with Gasteiger partial charge in [-0.3, -0.25) is 4.90 Å². The van der Waals surface area contributed by atoms with Gasteiger partial charge in [0.1, 0.15) is 6.61 Å². The number of aromatic nitrogens is 2. The van der Waals surface area contributed by atoms with Gasteiger partial charge in [0.2, 0.25) is 5.88 Å². The number of ether oxygens (including phenoxy) is 2. The first-order chi connectivity index (χ1) is 16.6. The van der Waals surface area contributed by atoms with Crippen molar-refractivity contribution in [1.82, 2.24) is 14.7 Å². The molecule has 1 aromatic heterocycles. The molecule has 6 nitrogen and oxygen atoms in total. The van der Waals surface area contributed by atoms with Crippen LogP contribution in [0, 0.1) is 18.2 Å². The summed E-state index contributed by atoms with van der Waals surface area (Å²) in [7, 11) is 0. The summed E-state index contributed by atoms with van der Waals surface area (Å²) in [6.07, 6.45) is 7.38. The highest BCUT2D eigenvalue weighted by Crippen LogP contribution is 2.36. The number of hydrogen-bond donors (Lipinski definition) is 1. The van der Waals surface area contributed by atoms with Crippen LogP contribution < -0.4 is 4.74 Å². The molecule has 0 spiro atoms. The van der Waals surface area contributed by atoms with Gasteiger partial charge in [0.05, 0.1) is 29.7 Å². The van der Waals surface area contributed by atoms with Gasteiger partial charge in [0, 0.05) is 19.1 Å². The zero-order chi connectivity index (χ0) is 23.9. The molecule has 1 N–H and O–H groups in total. The van der Waals surface area contributed by atoms with Gasteiger partial charge in [-0.15, -0.1) is 6.42 Å². The number of halogens is 1.